The number of carbonyl (C=O) groups is 3. The minimum absolute atomic E-state index is 0.349. The molecule has 4 N–H and O–H groups in total. The third kappa shape index (κ3) is 3.27. The molecule has 3 aromatic rings. The zero-order valence-corrected chi connectivity index (χ0v) is 15.8. The summed E-state index contributed by atoms with van der Waals surface area (Å²) in [5.74, 6) is -1.02. The third-order valence-corrected chi connectivity index (χ3v) is 5.01. The molecule has 0 saturated carbocycles. The molecule has 0 spiro atoms. The number of urea groups is 1. The number of aryl methyl sites for hydroxylation is 1. The fourth-order valence-corrected chi connectivity index (χ4v) is 3.38. The summed E-state index contributed by atoms with van der Waals surface area (Å²) in [5, 5.41) is 5.31. The first-order valence-corrected chi connectivity index (χ1v) is 8.99. The van der Waals surface area contributed by atoms with Crippen LogP contribution in [0.25, 0.3) is 11.0 Å². The number of anilines is 1. The molecule has 0 aliphatic carbocycles. The van der Waals surface area contributed by atoms with Crippen molar-refractivity contribution in [2.24, 2.45) is 0 Å². The molecule has 1 aromatic heterocycles. The molecule has 4 amide bonds. The van der Waals surface area contributed by atoms with E-state index in [1.807, 2.05) is 19.1 Å². The zero-order valence-electron chi connectivity index (χ0n) is 15.8. The topological polar surface area (TPSA) is 127 Å². The van der Waals surface area contributed by atoms with Gasteiger partial charge in [0, 0.05) is 5.69 Å². The van der Waals surface area contributed by atoms with E-state index in [0.717, 1.165) is 10.5 Å². The average molecular weight is 393 g/mol. The Morgan fingerprint density at radius 1 is 1.03 bits per heavy atom. The lowest BCUT2D eigenvalue weighted by Gasteiger charge is -2.22. The van der Waals surface area contributed by atoms with Gasteiger partial charge in [0.05, 0.1) is 11.0 Å². The highest BCUT2D eigenvalue weighted by Gasteiger charge is 2.49. The van der Waals surface area contributed by atoms with Gasteiger partial charge in [-0.1, -0.05) is 29.8 Å². The summed E-state index contributed by atoms with van der Waals surface area (Å²) in [6, 6.07) is 11.5. The Morgan fingerprint density at radius 2 is 1.72 bits per heavy atom. The van der Waals surface area contributed by atoms with Crippen LogP contribution in [0.4, 0.5) is 10.5 Å². The number of nitrogens with one attached hydrogen (secondary N) is 4. The summed E-state index contributed by atoms with van der Waals surface area (Å²) >= 11 is 0. The van der Waals surface area contributed by atoms with Gasteiger partial charge in [0.25, 0.3) is 5.91 Å². The minimum atomic E-state index is -1.23. The van der Waals surface area contributed by atoms with Crippen LogP contribution >= 0.6 is 0 Å². The zero-order chi connectivity index (χ0) is 20.8. The second kappa shape index (κ2) is 6.62. The number of aromatic nitrogens is 2. The van der Waals surface area contributed by atoms with Crippen molar-refractivity contribution in [2.45, 2.75) is 19.4 Å². The maximum Gasteiger partial charge on any atom is 0.325 e. The van der Waals surface area contributed by atoms with Crippen LogP contribution in [0.15, 0.2) is 47.3 Å². The maximum absolute atomic E-state index is 12.9. The van der Waals surface area contributed by atoms with E-state index in [-0.39, 0.29) is 5.69 Å². The Balaban J connectivity index is 1.50. The number of fused-ring (bicyclic) bond motifs is 1. The van der Waals surface area contributed by atoms with Crippen LogP contribution in [0, 0.1) is 6.92 Å². The predicted molar refractivity (Wildman–Crippen MR) is 106 cm³/mol. The van der Waals surface area contributed by atoms with E-state index in [0.29, 0.717) is 22.3 Å². The Hall–Kier alpha value is -3.88. The van der Waals surface area contributed by atoms with Crippen molar-refractivity contribution in [3.63, 3.8) is 0 Å². The maximum atomic E-state index is 12.9. The molecule has 0 bridgehead atoms. The van der Waals surface area contributed by atoms with Gasteiger partial charge in [-0.05, 0) is 37.6 Å². The van der Waals surface area contributed by atoms with Gasteiger partial charge in [0.2, 0.25) is 5.91 Å². The van der Waals surface area contributed by atoms with Gasteiger partial charge in [-0.3, -0.25) is 14.5 Å². The van der Waals surface area contributed by atoms with E-state index in [9.17, 15) is 19.2 Å². The molecule has 0 radical (unpaired) electrons. The molecule has 1 aliphatic heterocycles. The summed E-state index contributed by atoms with van der Waals surface area (Å²) in [7, 11) is 0. The number of carbonyl (C=O) groups excluding carboxylic acids is 3. The fourth-order valence-electron chi connectivity index (χ4n) is 3.38. The molecule has 29 heavy (non-hydrogen) atoms. The second-order valence-corrected chi connectivity index (χ2v) is 7.20. The van der Waals surface area contributed by atoms with Crippen LogP contribution < -0.4 is 16.3 Å². The third-order valence-electron chi connectivity index (χ3n) is 5.01. The predicted octanol–water partition coefficient (Wildman–Crippen LogP) is 1.57. The molecule has 9 nitrogen and oxygen atoms in total. The van der Waals surface area contributed by atoms with Gasteiger partial charge >= 0.3 is 11.7 Å². The number of hydrogen-bond donors (Lipinski definition) is 4. The molecule has 0 unspecified atom stereocenters. The number of rotatable bonds is 4. The van der Waals surface area contributed by atoms with Crippen LogP contribution in [0.5, 0.6) is 0 Å². The average Bonchev–Trinajstić information content (AvgIpc) is 3.14. The molecule has 1 fully saturated rings. The molecular weight excluding hydrogens is 374 g/mol. The number of imide groups is 1. The molecule has 2 heterocycles. The first-order chi connectivity index (χ1) is 13.8. The molecule has 9 heteroatoms. The number of imidazole rings is 1. The summed E-state index contributed by atoms with van der Waals surface area (Å²) in [4.78, 5) is 55.1. The van der Waals surface area contributed by atoms with Crippen molar-refractivity contribution in [2.75, 3.05) is 11.9 Å². The number of nitrogens with zero attached hydrogens (tertiary/aromatic N) is 1. The van der Waals surface area contributed by atoms with Crippen LogP contribution in [0.2, 0.25) is 0 Å². The smallest absolute Gasteiger partial charge is 0.324 e. The van der Waals surface area contributed by atoms with Crippen LogP contribution in [0.3, 0.4) is 0 Å². The van der Waals surface area contributed by atoms with Crippen molar-refractivity contribution < 1.29 is 14.4 Å². The van der Waals surface area contributed by atoms with E-state index in [1.165, 1.54) is 0 Å². The monoisotopic (exact) mass is 393 g/mol. The van der Waals surface area contributed by atoms with Gasteiger partial charge in [0.1, 0.15) is 12.1 Å². The van der Waals surface area contributed by atoms with Gasteiger partial charge in [-0.2, -0.15) is 0 Å². The Kier molecular flexibility index (Phi) is 4.22. The first kappa shape index (κ1) is 18.5. The number of benzene rings is 2. The molecule has 2 aromatic carbocycles. The van der Waals surface area contributed by atoms with E-state index < -0.39 is 29.9 Å². The standard InChI is InChI=1S/C20H19N5O4/c1-11-3-5-12(6-4-11)20(2)17(27)25(19(29)24-20)10-16(26)21-13-7-8-14-15(9-13)23-18(28)22-14/h3-9H,10H2,1-2H3,(H,21,26)(H,24,29)(H2,22,23,28)/t20-/m0/s1. The minimum Gasteiger partial charge on any atom is -0.324 e. The highest BCUT2D eigenvalue weighted by Crippen LogP contribution is 2.29. The van der Waals surface area contributed by atoms with Crippen molar-refractivity contribution in [3.05, 3.63) is 64.1 Å². The van der Waals surface area contributed by atoms with Gasteiger partial charge in [-0.25, -0.2) is 9.59 Å². The molecular formula is C20H19N5O4. The van der Waals surface area contributed by atoms with Gasteiger partial charge in [-0.15, -0.1) is 0 Å². The van der Waals surface area contributed by atoms with Gasteiger partial charge < -0.3 is 20.6 Å². The fraction of sp³-hybridized carbons (Fsp3) is 0.200. The Bertz CT molecular complexity index is 1190. The Morgan fingerprint density at radius 3 is 2.45 bits per heavy atom. The van der Waals surface area contributed by atoms with Crippen molar-refractivity contribution >= 4 is 34.6 Å². The summed E-state index contributed by atoms with van der Waals surface area (Å²) in [6.45, 7) is 3.12. The number of hydrogen-bond acceptors (Lipinski definition) is 4. The highest BCUT2D eigenvalue weighted by molar-refractivity contribution is 6.10. The van der Waals surface area contributed by atoms with Crippen LogP contribution in [-0.4, -0.2) is 39.3 Å². The number of H-pyrrole nitrogens is 2. The normalized spacial score (nSPS) is 18.9. The highest BCUT2D eigenvalue weighted by atomic mass is 16.2. The van der Waals surface area contributed by atoms with Crippen molar-refractivity contribution in [1.82, 2.24) is 20.2 Å². The van der Waals surface area contributed by atoms with E-state index >= 15 is 0 Å². The Labute approximate surface area is 165 Å². The lowest BCUT2D eigenvalue weighted by molar-refractivity contribution is -0.133. The van der Waals surface area contributed by atoms with E-state index in [4.69, 9.17) is 0 Å². The van der Waals surface area contributed by atoms with E-state index in [2.05, 4.69) is 20.6 Å². The van der Waals surface area contributed by atoms with E-state index in [1.54, 1.807) is 37.3 Å². The molecule has 4 rings (SSSR count). The lowest BCUT2D eigenvalue weighted by Crippen LogP contribution is -2.42. The van der Waals surface area contributed by atoms with Crippen molar-refractivity contribution in [1.29, 1.82) is 0 Å². The largest absolute Gasteiger partial charge is 0.325 e. The molecule has 148 valence electrons. The van der Waals surface area contributed by atoms with Crippen LogP contribution in [0.1, 0.15) is 18.1 Å². The quantitative estimate of drug-likeness (QED) is 0.502. The summed E-state index contributed by atoms with van der Waals surface area (Å²) in [5.41, 5.74) is 1.68. The summed E-state index contributed by atoms with van der Waals surface area (Å²) < 4.78 is 0. The van der Waals surface area contributed by atoms with Crippen LogP contribution in [-0.2, 0) is 15.1 Å². The first-order valence-electron chi connectivity index (χ1n) is 8.99. The number of aromatic amines is 2. The second-order valence-electron chi connectivity index (χ2n) is 7.20. The van der Waals surface area contributed by atoms with Crippen molar-refractivity contribution in [3.8, 4) is 0 Å². The lowest BCUT2D eigenvalue weighted by atomic mass is 9.91. The summed E-state index contributed by atoms with van der Waals surface area (Å²) in [6.07, 6.45) is 0. The van der Waals surface area contributed by atoms with Gasteiger partial charge in [0.15, 0.2) is 0 Å². The molecule has 1 saturated heterocycles. The molecule has 1 atom stereocenters. The number of amides is 4. The molecule has 1 aliphatic rings. The SMILES string of the molecule is Cc1ccc([C@]2(C)NC(=O)N(CC(=O)Nc3ccc4[nH]c(=O)[nH]c4c3)C2=O)cc1.